The van der Waals surface area contributed by atoms with E-state index in [0.717, 1.165) is 45.8 Å². The number of rotatable bonds is 5. The van der Waals surface area contributed by atoms with Gasteiger partial charge in [0.15, 0.2) is 0 Å². The fourth-order valence-electron chi connectivity index (χ4n) is 3.44. The lowest BCUT2D eigenvalue weighted by atomic mass is 10.2. The van der Waals surface area contributed by atoms with Crippen molar-refractivity contribution in [3.8, 4) is 0 Å². The third-order valence-corrected chi connectivity index (χ3v) is 5.11. The molecule has 0 bridgehead atoms. The van der Waals surface area contributed by atoms with E-state index in [1.807, 2.05) is 17.9 Å². The molecular weight excluding hydrogens is 314 g/mol. The highest BCUT2D eigenvalue weighted by molar-refractivity contribution is 5.81. The number of amides is 1. The fourth-order valence-corrected chi connectivity index (χ4v) is 3.44. The molecule has 2 aliphatic rings. The molecule has 1 amide bonds. The molecule has 5 nitrogen and oxygen atoms in total. The van der Waals surface area contributed by atoms with Gasteiger partial charge in [0.05, 0.1) is 19.3 Å². The van der Waals surface area contributed by atoms with E-state index < -0.39 is 0 Å². The average molecular weight is 343 g/mol. The van der Waals surface area contributed by atoms with Crippen LogP contribution >= 0.6 is 0 Å². The van der Waals surface area contributed by atoms with Gasteiger partial charge in [0.25, 0.3) is 0 Å². The molecule has 2 heterocycles. The molecule has 2 aliphatic heterocycles. The van der Waals surface area contributed by atoms with E-state index in [1.54, 1.807) is 0 Å². The second-order valence-corrected chi connectivity index (χ2v) is 6.76. The largest absolute Gasteiger partial charge is 0.378 e. The summed E-state index contributed by atoms with van der Waals surface area (Å²) in [5, 5.41) is 0. The molecule has 1 aromatic rings. The van der Waals surface area contributed by atoms with Gasteiger partial charge in [0.1, 0.15) is 0 Å². The molecule has 25 heavy (non-hydrogen) atoms. The third-order valence-electron chi connectivity index (χ3n) is 5.11. The molecule has 1 aromatic carbocycles. The maximum absolute atomic E-state index is 12.6. The first-order valence-electron chi connectivity index (χ1n) is 9.28. The van der Waals surface area contributed by atoms with Crippen molar-refractivity contribution in [3.63, 3.8) is 0 Å². The molecule has 0 saturated carbocycles. The summed E-state index contributed by atoms with van der Waals surface area (Å²) in [4.78, 5) is 19.3. The van der Waals surface area contributed by atoms with E-state index in [-0.39, 0.29) is 11.9 Å². The van der Waals surface area contributed by atoms with Crippen LogP contribution in [-0.4, -0.2) is 85.7 Å². The van der Waals surface area contributed by atoms with Crippen LogP contribution in [0.2, 0.25) is 0 Å². The molecule has 0 N–H and O–H groups in total. The number of benzene rings is 1. The van der Waals surface area contributed by atoms with Gasteiger partial charge in [-0.1, -0.05) is 42.5 Å². The number of hydrogen-bond acceptors (Lipinski definition) is 4. The Morgan fingerprint density at radius 1 is 1.08 bits per heavy atom. The monoisotopic (exact) mass is 343 g/mol. The van der Waals surface area contributed by atoms with Crippen LogP contribution in [-0.2, 0) is 9.53 Å². The van der Waals surface area contributed by atoms with Crippen LogP contribution in [0.4, 0.5) is 0 Å². The molecule has 1 unspecified atom stereocenters. The highest BCUT2D eigenvalue weighted by Crippen LogP contribution is 2.11. The normalized spacial score (nSPS) is 21.6. The molecule has 0 aromatic heterocycles. The van der Waals surface area contributed by atoms with Crippen LogP contribution in [0.5, 0.6) is 0 Å². The summed E-state index contributed by atoms with van der Waals surface area (Å²) in [5.41, 5.74) is 1.24. The maximum atomic E-state index is 12.6. The summed E-state index contributed by atoms with van der Waals surface area (Å²) < 4.78 is 5.34. The Labute approximate surface area is 150 Å². The Hall–Kier alpha value is -1.69. The summed E-state index contributed by atoms with van der Waals surface area (Å²) >= 11 is 0. The maximum Gasteiger partial charge on any atom is 0.239 e. The van der Waals surface area contributed by atoms with Crippen molar-refractivity contribution in [2.45, 2.75) is 13.0 Å². The van der Waals surface area contributed by atoms with Crippen molar-refractivity contribution in [3.05, 3.63) is 42.0 Å². The first-order valence-corrected chi connectivity index (χ1v) is 9.28. The SMILES string of the molecule is CC(C(=O)N1CCOCC1)N1CCN(CC=Cc2ccccc2)CC1. The molecule has 1 atom stereocenters. The van der Waals surface area contributed by atoms with Crippen molar-refractivity contribution in [1.29, 1.82) is 0 Å². The zero-order valence-electron chi connectivity index (χ0n) is 15.1. The van der Waals surface area contributed by atoms with Gasteiger partial charge in [0.2, 0.25) is 5.91 Å². The molecular formula is C20H29N3O2. The highest BCUT2D eigenvalue weighted by Gasteiger charge is 2.29. The molecule has 2 fully saturated rings. The first kappa shape index (κ1) is 18.1. The Bertz CT molecular complexity index is 562. The van der Waals surface area contributed by atoms with Gasteiger partial charge in [-0.25, -0.2) is 0 Å². The van der Waals surface area contributed by atoms with Crippen molar-refractivity contribution in [1.82, 2.24) is 14.7 Å². The van der Waals surface area contributed by atoms with Crippen molar-refractivity contribution >= 4 is 12.0 Å². The predicted molar refractivity (Wildman–Crippen MR) is 100 cm³/mol. The van der Waals surface area contributed by atoms with Crippen LogP contribution in [0.25, 0.3) is 6.08 Å². The van der Waals surface area contributed by atoms with E-state index in [4.69, 9.17) is 4.74 Å². The Morgan fingerprint density at radius 2 is 1.76 bits per heavy atom. The Balaban J connectivity index is 1.42. The minimum absolute atomic E-state index is 0.0277. The van der Waals surface area contributed by atoms with Crippen molar-refractivity contribution in [2.24, 2.45) is 0 Å². The smallest absolute Gasteiger partial charge is 0.239 e. The lowest BCUT2D eigenvalue weighted by molar-refractivity contribution is -0.141. The molecule has 0 aliphatic carbocycles. The molecule has 0 radical (unpaired) electrons. The van der Waals surface area contributed by atoms with Crippen LogP contribution in [0.1, 0.15) is 12.5 Å². The molecule has 136 valence electrons. The fraction of sp³-hybridized carbons (Fsp3) is 0.550. The van der Waals surface area contributed by atoms with E-state index in [1.165, 1.54) is 5.56 Å². The number of nitrogens with zero attached hydrogens (tertiary/aromatic N) is 3. The minimum atomic E-state index is -0.0277. The lowest BCUT2D eigenvalue weighted by Gasteiger charge is -2.39. The number of morpholine rings is 1. The minimum Gasteiger partial charge on any atom is -0.378 e. The number of carbonyl (C=O) groups excluding carboxylic acids is 1. The van der Waals surface area contributed by atoms with Crippen LogP contribution in [0.3, 0.4) is 0 Å². The lowest BCUT2D eigenvalue weighted by Crippen LogP contribution is -2.55. The first-order chi connectivity index (χ1) is 12.2. The van der Waals surface area contributed by atoms with Gasteiger partial charge in [-0.05, 0) is 12.5 Å². The topological polar surface area (TPSA) is 36.0 Å². The number of piperazine rings is 1. The average Bonchev–Trinajstić information content (AvgIpc) is 2.69. The van der Waals surface area contributed by atoms with Crippen LogP contribution in [0.15, 0.2) is 36.4 Å². The molecule has 5 heteroatoms. The van der Waals surface area contributed by atoms with Crippen molar-refractivity contribution in [2.75, 3.05) is 59.0 Å². The van der Waals surface area contributed by atoms with E-state index in [2.05, 4.69) is 46.2 Å². The highest BCUT2D eigenvalue weighted by atomic mass is 16.5. The van der Waals surface area contributed by atoms with Crippen LogP contribution in [0, 0.1) is 0 Å². The van der Waals surface area contributed by atoms with Gasteiger partial charge in [0, 0.05) is 45.8 Å². The standard InChI is InChI=1S/C20H29N3O2/c1-18(20(24)23-14-16-25-17-15-23)22-12-10-21(11-13-22)9-5-8-19-6-3-2-4-7-19/h2-8,18H,9-17H2,1H3. The summed E-state index contributed by atoms with van der Waals surface area (Å²) in [7, 11) is 0. The quantitative estimate of drug-likeness (QED) is 0.813. The molecule has 3 rings (SSSR count). The third kappa shape index (κ3) is 5.14. The summed E-state index contributed by atoms with van der Waals surface area (Å²) in [6.45, 7) is 9.74. The van der Waals surface area contributed by atoms with E-state index in [0.29, 0.717) is 13.2 Å². The summed E-state index contributed by atoms with van der Waals surface area (Å²) in [5.74, 6) is 0.251. The molecule has 2 saturated heterocycles. The number of carbonyl (C=O) groups is 1. The summed E-state index contributed by atoms with van der Waals surface area (Å²) in [6.07, 6.45) is 4.41. The van der Waals surface area contributed by atoms with Gasteiger partial charge in [-0.3, -0.25) is 14.6 Å². The predicted octanol–water partition coefficient (Wildman–Crippen LogP) is 1.56. The summed E-state index contributed by atoms with van der Waals surface area (Å²) in [6, 6.07) is 10.4. The van der Waals surface area contributed by atoms with Gasteiger partial charge in [-0.15, -0.1) is 0 Å². The van der Waals surface area contributed by atoms with E-state index in [9.17, 15) is 4.79 Å². The zero-order valence-corrected chi connectivity index (χ0v) is 15.1. The van der Waals surface area contributed by atoms with E-state index >= 15 is 0 Å². The van der Waals surface area contributed by atoms with Gasteiger partial charge >= 0.3 is 0 Å². The second kappa shape index (κ2) is 9.13. The van der Waals surface area contributed by atoms with Gasteiger partial charge in [-0.2, -0.15) is 0 Å². The number of hydrogen-bond donors (Lipinski definition) is 0. The number of ether oxygens (including phenoxy) is 1. The van der Waals surface area contributed by atoms with Crippen molar-refractivity contribution < 1.29 is 9.53 Å². The van der Waals surface area contributed by atoms with Crippen LogP contribution < -0.4 is 0 Å². The Morgan fingerprint density at radius 3 is 2.44 bits per heavy atom. The zero-order chi connectivity index (χ0) is 17.5. The van der Waals surface area contributed by atoms with Gasteiger partial charge < -0.3 is 9.64 Å². The second-order valence-electron chi connectivity index (χ2n) is 6.76. The Kier molecular flexibility index (Phi) is 6.62. The molecule has 0 spiro atoms.